The number of thiazole rings is 1. The smallest absolute Gasteiger partial charge is 0.267 e. The number of carbonyl (C=O) groups is 1. The van der Waals surface area contributed by atoms with Crippen LogP contribution in [-0.4, -0.2) is 51.6 Å². The molecule has 6 nitrogen and oxygen atoms in total. The number of aryl methyl sites for hydroxylation is 3. The van der Waals surface area contributed by atoms with E-state index >= 15 is 0 Å². The number of hydrogen-bond acceptors (Lipinski definition) is 7. The van der Waals surface area contributed by atoms with E-state index in [1.165, 1.54) is 27.4 Å². The summed E-state index contributed by atoms with van der Waals surface area (Å²) in [4.78, 5) is 22.6. The standard InChI is InChI=1S/C19H23N5OS2/c1-4-5-14-17(27-22-21-14)18(25)23-8-10-24(11-9-23)19-20-16-13(3)12(2)6-7-15(16)26-19/h6-7H,4-5,8-11H2,1-3H3. The van der Waals surface area contributed by atoms with Crippen molar-refractivity contribution in [1.82, 2.24) is 19.5 Å². The normalized spacial score (nSPS) is 14.9. The minimum absolute atomic E-state index is 0.0730. The second-order valence-electron chi connectivity index (χ2n) is 6.93. The van der Waals surface area contributed by atoms with Gasteiger partial charge in [0.15, 0.2) is 5.13 Å². The first-order valence-electron chi connectivity index (χ1n) is 9.30. The van der Waals surface area contributed by atoms with Crippen molar-refractivity contribution in [3.05, 3.63) is 33.8 Å². The molecule has 0 saturated carbocycles. The predicted molar refractivity (Wildman–Crippen MR) is 111 cm³/mol. The van der Waals surface area contributed by atoms with E-state index < -0.39 is 0 Å². The highest BCUT2D eigenvalue weighted by Gasteiger charge is 2.27. The summed E-state index contributed by atoms with van der Waals surface area (Å²) >= 11 is 2.95. The van der Waals surface area contributed by atoms with Crippen molar-refractivity contribution < 1.29 is 4.79 Å². The van der Waals surface area contributed by atoms with Crippen LogP contribution in [-0.2, 0) is 6.42 Å². The molecule has 4 rings (SSSR count). The maximum Gasteiger partial charge on any atom is 0.267 e. The second kappa shape index (κ2) is 7.52. The van der Waals surface area contributed by atoms with Gasteiger partial charge in [-0.3, -0.25) is 4.79 Å². The number of anilines is 1. The molecule has 27 heavy (non-hydrogen) atoms. The highest BCUT2D eigenvalue weighted by Crippen LogP contribution is 2.32. The molecular formula is C19H23N5OS2. The molecule has 3 heterocycles. The number of carbonyl (C=O) groups excluding carboxylic acids is 1. The topological polar surface area (TPSA) is 62.2 Å². The van der Waals surface area contributed by atoms with Gasteiger partial charge in [0.05, 0.1) is 15.9 Å². The van der Waals surface area contributed by atoms with E-state index in [0.717, 1.165) is 42.3 Å². The lowest BCUT2D eigenvalue weighted by molar-refractivity contribution is 0.0750. The number of fused-ring (bicyclic) bond motifs is 1. The first kappa shape index (κ1) is 18.3. The Morgan fingerprint density at radius 3 is 2.70 bits per heavy atom. The largest absolute Gasteiger partial charge is 0.345 e. The van der Waals surface area contributed by atoms with E-state index in [2.05, 4.69) is 47.4 Å². The van der Waals surface area contributed by atoms with Crippen LogP contribution in [0, 0.1) is 13.8 Å². The average Bonchev–Trinajstić information content (AvgIpc) is 3.32. The molecule has 0 N–H and O–H groups in total. The molecule has 1 fully saturated rings. The van der Waals surface area contributed by atoms with Crippen molar-refractivity contribution in [2.45, 2.75) is 33.6 Å². The molecule has 2 aromatic heterocycles. The zero-order valence-electron chi connectivity index (χ0n) is 15.9. The number of aromatic nitrogens is 3. The molecule has 8 heteroatoms. The van der Waals surface area contributed by atoms with Gasteiger partial charge in [-0.05, 0) is 49.0 Å². The average molecular weight is 402 g/mol. The van der Waals surface area contributed by atoms with Gasteiger partial charge in [-0.25, -0.2) is 4.98 Å². The fraction of sp³-hybridized carbons (Fsp3) is 0.474. The molecule has 142 valence electrons. The van der Waals surface area contributed by atoms with Crippen molar-refractivity contribution in [2.75, 3.05) is 31.1 Å². The van der Waals surface area contributed by atoms with Crippen LogP contribution in [0.3, 0.4) is 0 Å². The van der Waals surface area contributed by atoms with Crippen molar-refractivity contribution >= 4 is 44.1 Å². The van der Waals surface area contributed by atoms with E-state index in [4.69, 9.17) is 4.98 Å². The third-order valence-corrected chi connectivity index (χ3v) is 6.99. The number of benzene rings is 1. The van der Waals surface area contributed by atoms with Crippen LogP contribution >= 0.6 is 22.9 Å². The highest BCUT2D eigenvalue weighted by molar-refractivity contribution is 7.22. The van der Waals surface area contributed by atoms with Gasteiger partial charge in [0.1, 0.15) is 4.88 Å². The Bertz CT molecular complexity index is 972. The quantitative estimate of drug-likeness (QED) is 0.667. The Morgan fingerprint density at radius 1 is 1.19 bits per heavy atom. The van der Waals surface area contributed by atoms with Crippen LogP contribution in [0.5, 0.6) is 0 Å². The van der Waals surface area contributed by atoms with Crippen LogP contribution in [0.15, 0.2) is 12.1 Å². The minimum atomic E-state index is 0.0730. The summed E-state index contributed by atoms with van der Waals surface area (Å²) in [6.07, 6.45) is 1.78. The zero-order valence-corrected chi connectivity index (χ0v) is 17.5. The van der Waals surface area contributed by atoms with Crippen LogP contribution in [0.2, 0.25) is 0 Å². The summed E-state index contributed by atoms with van der Waals surface area (Å²) in [5, 5.41) is 5.18. The Kier molecular flexibility index (Phi) is 5.10. The monoisotopic (exact) mass is 401 g/mol. The van der Waals surface area contributed by atoms with Gasteiger partial charge < -0.3 is 9.80 Å². The number of nitrogens with zero attached hydrogens (tertiary/aromatic N) is 5. The van der Waals surface area contributed by atoms with Crippen molar-refractivity contribution in [3.63, 3.8) is 0 Å². The minimum Gasteiger partial charge on any atom is -0.345 e. The lowest BCUT2D eigenvalue weighted by Crippen LogP contribution is -2.48. The number of amides is 1. The number of piperazine rings is 1. The first-order valence-corrected chi connectivity index (χ1v) is 10.9. The molecule has 1 saturated heterocycles. The predicted octanol–water partition coefficient (Wildman–Crippen LogP) is 3.68. The summed E-state index contributed by atoms with van der Waals surface area (Å²) in [5.41, 5.74) is 4.47. The van der Waals surface area contributed by atoms with Crippen molar-refractivity contribution in [2.24, 2.45) is 0 Å². The van der Waals surface area contributed by atoms with Crippen molar-refractivity contribution in [1.29, 1.82) is 0 Å². The van der Waals surface area contributed by atoms with Gasteiger partial charge in [-0.15, -0.1) is 5.10 Å². The number of rotatable bonds is 4. The van der Waals surface area contributed by atoms with Crippen LogP contribution in [0.4, 0.5) is 5.13 Å². The van der Waals surface area contributed by atoms with E-state index in [-0.39, 0.29) is 5.91 Å². The fourth-order valence-electron chi connectivity index (χ4n) is 3.37. The third-order valence-electron chi connectivity index (χ3n) is 5.15. The molecule has 0 bridgehead atoms. The number of hydrogen-bond donors (Lipinski definition) is 0. The molecular weight excluding hydrogens is 378 g/mol. The molecule has 1 aromatic carbocycles. The Balaban J connectivity index is 1.47. The van der Waals surface area contributed by atoms with Gasteiger partial charge in [0.2, 0.25) is 0 Å². The van der Waals surface area contributed by atoms with Gasteiger partial charge in [0, 0.05) is 26.2 Å². The Labute approximate surface area is 167 Å². The Morgan fingerprint density at radius 2 is 1.96 bits per heavy atom. The van der Waals surface area contributed by atoms with Gasteiger partial charge in [0.25, 0.3) is 5.91 Å². The van der Waals surface area contributed by atoms with Gasteiger partial charge >= 0.3 is 0 Å². The summed E-state index contributed by atoms with van der Waals surface area (Å²) in [5.74, 6) is 0.0730. The fourth-order valence-corrected chi connectivity index (χ4v) is 5.12. The summed E-state index contributed by atoms with van der Waals surface area (Å²) in [7, 11) is 0. The molecule has 1 amide bonds. The molecule has 1 aliphatic rings. The van der Waals surface area contributed by atoms with E-state index in [9.17, 15) is 4.79 Å². The van der Waals surface area contributed by atoms with E-state index in [0.29, 0.717) is 18.0 Å². The third kappa shape index (κ3) is 3.43. The van der Waals surface area contributed by atoms with Crippen LogP contribution < -0.4 is 4.90 Å². The maximum absolute atomic E-state index is 12.8. The molecule has 0 radical (unpaired) electrons. The highest BCUT2D eigenvalue weighted by atomic mass is 32.1. The Hall–Kier alpha value is -2.06. The summed E-state index contributed by atoms with van der Waals surface area (Å²) < 4.78 is 5.21. The molecule has 0 spiro atoms. The lowest BCUT2D eigenvalue weighted by atomic mass is 10.1. The summed E-state index contributed by atoms with van der Waals surface area (Å²) in [6.45, 7) is 9.37. The summed E-state index contributed by atoms with van der Waals surface area (Å²) in [6, 6.07) is 4.32. The first-order chi connectivity index (χ1) is 13.1. The molecule has 3 aromatic rings. The van der Waals surface area contributed by atoms with Crippen molar-refractivity contribution in [3.8, 4) is 0 Å². The molecule has 0 atom stereocenters. The maximum atomic E-state index is 12.8. The van der Waals surface area contributed by atoms with Gasteiger partial charge in [-0.1, -0.05) is 35.2 Å². The molecule has 0 unspecified atom stereocenters. The molecule has 0 aliphatic carbocycles. The zero-order chi connectivity index (χ0) is 19.0. The second-order valence-corrected chi connectivity index (χ2v) is 8.69. The van der Waals surface area contributed by atoms with Gasteiger partial charge in [-0.2, -0.15) is 0 Å². The lowest BCUT2D eigenvalue weighted by Gasteiger charge is -2.34. The van der Waals surface area contributed by atoms with E-state index in [1.54, 1.807) is 11.3 Å². The van der Waals surface area contributed by atoms with Crippen LogP contribution in [0.1, 0.15) is 39.8 Å². The van der Waals surface area contributed by atoms with Crippen LogP contribution in [0.25, 0.3) is 10.2 Å². The molecule has 1 aliphatic heterocycles. The SMILES string of the molecule is CCCc1nnsc1C(=O)N1CCN(c2nc3c(C)c(C)ccc3s2)CC1. The van der Waals surface area contributed by atoms with E-state index in [1.807, 2.05) is 4.90 Å².